The number of hydrogen-bond donors (Lipinski definition) is 0. The molecular formula is C54H60Cl4Zr-2. The van der Waals surface area contributed by atoms with Gasteiger partial charge in [0.05, 0.1) is 0 Å². The van der Waals surface area contributed by atoms with Crippen LogP contribution in [0.25, 0.3) is 22.3 Å². The molecule has 0 bridgehead atoms. The van der Waals surface area contributed by atoms with Gasteiger partial charge in [-0.2, -0.15) is 28.8 Å². The van der Waals surface area contributed by atoms with Crippen LogP contribution in [-0.4, -0.2) is 3.21 Å². The van der Waals surface area contributed by atoms with Gasteiger partial charge in [-0.15, -0.1) is 11.6 Å². The van der Waals surface area contributed by atoms with Crippen molar-refractivity contribution in [2.75, 3.05) is 0 Å². The van der Waals surface area contributed by atoms with E-state index in [1.807, 2.05) is 36.4 Å². The van der Waals surface area contributed by atoms with Crippen LogP contribution >= 0.6 is 23.2 Å². The Balaban J connectivity index is 0.000000229. The monoisotopic (exact) mass is 938 g/mol. The number of allylic oxidation sites excluding steroid dienone is 4. The van der Waals surface area contributed by atoms with Crippen molar-refractivity contribution < 1.29 is 49.0 Å². The fraction of sp³-hybridized carbons (Fsp3) is 0.370. The maximum absolute atomic E-state index is 5.98. The smallest absolute Gasteiger partial charge is 1.00 e. The van der Waals surface area contributed by atoms with E-state index in [-0.39, 0.29) is 46.5 Å². The van der Waals surface area contributed by atoms with E-state index >= 15 is 0 Å². The molecule has 5 aromatic rings. The zero-order chi connectivity index (χ0) is 42.0. The molecule has 0 aliphatic heterocycles. The number of fused-ring (bicyclic) bond motifs is 5. The standard InChI is InChI=1S/C31H37.C13H8Cl2.C10H15.2ClH.Zr/c1-28(2,3)26-16-30(7,8)24-12-18-11-19-13-25-23(15-21(19)20(18)14-22(24)26)27(29(4,5)6)17-31(25,9)10;14-12-5-1-3-10(8-12)7-11-4-2-6-13(15)9-11;1-8-5-6-9(7-8)10(2,3)4;;;/h12-16H,11H2,1-10H3;1-6,8-9H;5-7H,1-4H3;2*1H;/q-1;;-1;;;+2/p-2. The molecule has 0 unspecified atom stereocenters. The topological polar surface area (TPSA) is 0 Å². The van der Waals surface area contributed by atoms with E-state index in [0.717, 1.165) is 27.6 Å². The van der Waals surface area contributed by atoms with E-state index in [4.69, 9.17) is 23.2 Å². The van der Waals surface area contributed by atoms with E-state index in [1.54, 1.807) is 0 Å². The Bertz CT molecular complexity index is 2290. The number of rotatable bonds is 2. The molecule has 0 spiro atoms. The van der Waals surface area contributed by atoms with Gasteiger partial charge in [-0.05, 0) is 62.3 Å². The van der Waals surface area contributed by atoms with Crippen LogP contribution in [0, 0.1) is 23.8 Å². The second-order valence-corrected chi connectivity index (χ2v) is 22.6. The Hall–Kier alpha value is -2.38. The van der Waals surface area contributed by atoms with E-state index < -0.39 is 0 Å². The summed E-state index contributed by atoms with van der Waals surface area (Å²) < 4.78 is 1.26. The van der Waals surface area contributed by atoms with Crippen LogP contribution in [0.3, 0.4) is 0 Å². The summed E-state index contributed by atoms with van der Waals surface area (Å²) in [6.45, 7) is 32.2. The van der Waals surface area contributed by atoms with Crippen molar-refractivity contribution in [3.8, 4) is 11.1 Å². The second-order valence-electron chi connectivity index (χ2n) is 20.5. The molecule has 0 amide bonds. The van der Waals surface area contributed by atoms with Crippen LogP contribution in [-0.2, 0) is 46.9 Å². The van der Waals surface area contributed by atoms with E-state index in [0.29, 0.717) is 5.41 Å². The van der Waals surface area contributed by atoms with E-state index in [1.165, 1.54) is 94.2 Å². The third-order valence-electron chi connectivity index (χ3n) is 11.6. The van der Waals surface area contributed by atoms with Gasteiger partial charge in [0.15, 0.2) is 0 Å². The number of benzene rings is 4. The van der Waals surface area contributed by atoms with Gasteiger partial charge < -0.3 is 24.8 Å². The maximum atomic E-state index is 5.98. The zero-order valence-corrected chi connectivity index (χ0v) is 42.9. The molecule has 0 atom stereocenters. The Labute approximate surface area is 393 Å². The fourth-order valence-electron chi connectivity index (χ4n) is 8.43. The number of halogens is 4. The van der Waals surface area contributed by atoms with Crippen LogP contribution < -0.4 is 24.8 Å². The minimum Gasteiger partial charge on any atom is -1.00 e. The fourth-order valence-corrected chi connectivity index (χ4v) is 9.57. The van der Waals surface area contributed by atoms with Gasteiger partial charge in [0.2, 0.25) is 0 Å². The SMILES string of the molecule is CC(C)(C)C1=[C-]C(C)(C)c2cc3c(cc21)-c1cc2c(cc1C3)C(C)(C)C=C2C(C)(C)C.Cc1cc(C(C)(C)C)c[cH-]1.Clc1cccc([C](=[Zr+2])c2cccc(Cl)c2)c1.[Cl-].[Cl-]. The summed E-state index contributed by atoms with van der Waals surface area (Å²) in [5.74, 6) is 0. The van der Waals surface area contributed by atoms with Crippen LogP contribution in [0.2, 0.25) is 10.0 Å². The second kappa shape index (κ2) is 17.8. The van der Waals surface area contributed by atoms with E-state index in [2.05, 4.69) is 164 Å². The first-order valence-electron chi connectivity index (χ1n) is 20.4. The molecule has 0 nitrogen and oxygen atoms in total. The molecule has 0 radical (unpaired) electrons. The van der Waals surface area contributed by atoms with Crippen molar-refractivity contribution in [3.05, 3.63) is 169 Å². The molecule has 310 valence electrons. The minimum absolute atomic E-state index is 0. The van der Waals surface area contributed by atoms with Crippen LogP contribution in [0.15, 0.2) is 97.1 Å². The third-order valence-corrected chi connectivity index (χ3v) is 13.5. The summed E-state index contributed by atoms with van der Waals surface area (Å²) in [5.41, 5.74) is 20.3. The van der Waals surface area contributed by atoms with Crippen LogP contribution in [0.1, 0.15) is 146 Å². The zero-order valence-electron chi connectivity index (χ0n) is 37.5. The molecule has 0 N–H and O–H groups in total. The molecule has 5 heteroatoms. The molecule has 3 aliphatic rings. The predicted octanol–water partition coefficient (Wildman–Crippen LogP) is 9.63. The third kappa shape index (κ3) is 10.6. The largest absolute Gasteiger partial charge is 1.00 e. The summed E-state index contributed by atoms with van der Waals surface area (Å²) in [6.07, 6.45) is 7.41. The first kappa shape index (κ1) is 49.3. The van der Waals surface area contributed by atoms with Crippen molar-refractivity contribution in [1.29, 1.82) is 0 Å². The molecule has 59 heavy (non-hydrogen) atoms. The van der Waals surface area contributed by atoms with Gasteiger partial charge in [-0.25, -0.2) is 11.6 Å². The molecule has 8 rings (SSSR count). The van der Waals surface area contributed by atoms with Gasteiger partial charge in [-0.1, -0.05) is 126 Å². The normalized spacial score (nSPS) is 15.4. The summed E-state index contributed by atoms with van der Waals surface area (Å²) in [5, 5.41) is 1.53. The van der Waals surface area contributed by atoms with Crippen LogP contribution in [0.5, 0.6) is 0 Å². The molecule has 5 aromatic carbocycles. The van der Waals surface area contributed by atoms with Gasteiger partial charge in [-0.3, -0.25) is 6.08 Å². The first-order valence-corrected chi connectivity index (χ1v) is 22.3. The Kier molecular flexibility index (Phi) is 14.8. The molecule has 0 fully saturated rings. The minimum atomic E-state index is -0.0202. The Morgan fingerprint density at radius 1 is 0.644 bits per heavy atom. The average Bonchev–Trinajstić information content (AvgIpc) is 3.84. The van der Waals surface area contributed by atoms with Crippen molar-refractivity contribution in [2.24, 2.45) is 10.8 Å². The summed E-state index contributed by atoms with van der Waals surface area (Å²) in [4.78, 5) is 0. The summed E-state index contributed by atoms with van der Waals surface area (Å²) >= 11 is 13.3. The number of hydrogen-bond acceptors (Lipinski definition) is 0. The van der Waals surface area contributed by atoms with Crippen molar-refractivity contribution in [2.45, 2.75) is 120 Å². The van der Waals surface area contributed by atoms with Crippen molar-refractivity contribution in [3.63, 3.8) is 0 Å². The maximum Gasteiger partial charge on any atom is -1.00 e. The van der Waals surface area contributed by atoms with Crippen molar-refractivity contribution >= 4 is 37.6 Å². The molecule has 0 saturated heterocycles. The molecule has 3 aliphatic carbocycles. The molecule has 0 saturated carbocycles. The Morgan fingerprint density at radius 3 is 1.58 bits per heavy atom. The van der Waals surface area contributed by atoms with Crippen LogP contribution in [0.4, 0.5) is 0 Å². The van der Waals surface area contributed by atoms with Crippen molar-refractivity contribution in [1.82, 2.24) is 0 Å². The predicted molar refractivity (Wildman–Crippen MR) is 246 cm³/mol. The summed E-state index contributed by atoms with van der Waals surface area (Å²) in [6, 6.07) is 32.4. The van der Waals surface area contributed by atoms with Gasteiger partial charge in [0.1, 0.15) is 0 Å². The molecule has 0 aromatic heterocycles. The molecule has 0 heterocycles. The van der Waals surface area contributed by atoms with Gasteiger partial charge in [0, 0.05) is 5.41 Å². The number of aryl methyl sites for hydroxylation is 1. The van der Waals surface area contributed by atoms with E-state index in [9.17, 15) is 0 Å². The summed E-state index contributed by atoms with van der Waals surface area (Å²) in [7, 11) is 0. The molecular weight excluding hydrogens is 882 g/mol. The van der Waals surface area contributed by atoms with Gasteiger partial charge >= 0.3 is 120 Å². The average molecular weight is 942 g/mol. The Morgan fingerprint density at radius 2 is 1.15 bits per heavy atom. The quantitative estimate of drug-likeness (QED) is 0.152. The van der Waals surface area contributed by atoms with Gasteiger partial charge in [0.25, 0.3) is 0 Å². The first-order chi connectivity index (χ1) is 26.3.